The molecule has 0 radical (unpaired) electrons. The van der Waals surface area contributed by atoms with Crippen molar-refractivity contribution in [1.29, 1.82) is 0 Å². The number of aromatic nitrogens is 2. The Hall–Kier alpha value is -0.750. The number of benzene rings is 1. The maximum atomic E-state index is 13.5. The number of alkyl halides is 1. The molecular formula is C15H17Cl2FN2OS. The fourth-order valence-electron chi connectivity index (χ4n) is 2.10. The molecule has 2 rings (SSSR count). The van der Waals surface area contributed by atoms with E-state index in [-0.39, 0.29) is 12.5 Å². The van der Waals surface area contributed by atoms with E-state index in [2.05, 4.69) is 4.98 Å². The molecule has 1 N–H and O–H groups in total. The van der Waals surface area contributed by atoms with Gasteiger partial charge >= 0.3 is 0 Å². The van der Waals surface area contributed by atoms with Gasteiger partial charge in [-0.2, -0.15) is 0 Å². The van der Waals surface area contributed by atoms with Crippen LogP contribution in [0.1, 0.15) is 31.3 Å². The van der Waals surface area contributed by atoms with Gasteiger partial charge in [-0.25, -0.2) is 9.37 Å². The number of halogens is 3. The molecule has 1 heterocycles. The Kier molecular flexibility index (Phi) is 6.15. The van der Waals surface area contributed by atoms with Crippen LogP contribution in [-0.2, 0) is 13.2 Å². The normalized spacial score (nSPS) is 11.4. The quantitative estimate of drug-likeness (QED) is 0.791. The number of aliphatic hydroxyl groups is 1. The third kappa shape index (κ3) is 3.96. The van der Waals surface area contributed by atoms with E-state index in [1.165, 1.54) is 16.3 Å². The van der Waals surface area contributed by atoms with Crippen LogP contribution in [0.25, 0.3) is 0 Å². The number of rotatable bonds is 6. The Morgan fingerprint density at radius 3 is 2.41 bits per heavy atom. The topological polar surface area (TPSA) is 38.1 Å². The Morgan fingerprint density at radius 2 is 1.91 bits per heavy atom. The van der Waals surface area contributed by atoms with Crippen LogP contribution in [0.5, 0.6) is 0 Å². The molecule has 0 aliphatic rings. The van der Waals surface area contributed by atoms with Gasteiger partial charge < -0.3 is 5.11 Å². The van der Waals surface area contributed by atoms with Crippen molar-refractivity contribution in [3.05, 3.63) is 39.8 Å². The summed E-state index contributed by atoms with van der Waals surface area (Å²) >= 11 is 13.4. The molecule has 0 spiro atoms. The van der Waals surface area contributed by atoms with E-state index in [0.717, 1.165) is 15.6 Å². The zero-order valence-corrected chi connectivity index (χ0v) is 14.6. The lowest BCUT2D eigenvalue weighted by Crippen LogP contribution is -2.04. The zero-order chi connectivity index (χ0) is 16.3. The van der Waals surface area contributed by atoms with E-state index in [9.17, 15) is 4.39 Å². The number of nitrogens with zero attached hydrogens (tertiary/aromatic N) is 2. The third-order valence-electron chi connectivity index (χ3n) is 3.08. The monoisotopic (exact) mass is 362 g/mol. The van der Waals surface area contributed by atoms with Crippen molar-refractivity contribution < 1.29 is 9.50 Å². The van der Waals surface area contributed by atoms with Crippen molar-refractivity contribution in [2.75, 3.05) is 6.61 Å². The highest BCUT2D eigenvalue weighted by molar-refractivity contribution is 7.99. The van der Waals surface area contributed by atoms with Crippen LogP contribution in [-0.4, -0.2) is 21.3 Å². The summed E-state index contributed by atoms with van der Waals surface area (Å²) in [7, 11) is 0. The minimum atomic E-state index is -0.689. The predicted molar refractivity (Wildman–Crippen MR) is 88.8 cm³/mol. The fourth-order valence-corrected chi connectivity index (χ4v) is 4.00. The molecule has 7 heteroatoms. The molecule has 0 aliphatic carbocycles. The minimum absolute atomic E-state index is 0.0678. The summed E-state index contributed by atoms with van der Waals surface area (Å²) in [5.74, 6) is 0.687. The van der Waals surface area contributed by atoms with E-state index in [1.54, 1.807) is 18.2 Å². The first-order valence-corrected chi connectivity index (χ1v) is 8.43. The molecule has 2 aromatic rings. The molecule has 0 bridgehead atoms. The van der Waals surface area contributed by atoms with Gasteiger partial charge in [0.2, 0.25) is 0 Å². The molecule has 1 aromatic heterocycles. The van der Waals surface area contributed by atoms with Gasteiger partial charge in [0.25, 0.3) is 0 Å². The standard InChI is InChI=1S/C15H17Cl2FN2OS/c1-9(2)14-15(20(8-18)13(19-14)3-4-21)22-12-6-10(16)5-11(17)7-12/h5-7,9,21H,3-4,8H2,1-2H3. The lowest BCUT2D eigenvalue weighted by Gasteiger charge is -2.10. The lowest BCUT2D eigenvalue weighted by molar-refractivity contribution is 0.286. The molecule has 0 atom stereocenters. The Balaban J connectivity index is 2.47. The predicted octanol–water partition coefficient (Wildman–Crippen LogP) is 4.93. The molecule has 0 aliphatic heterocycles. The Morgan fingerprint density at radius 1 is 1.27 bits per heavy atom. The summed E-state index contributed by atoms with van der Waals surface area (Å²) in [5, 5.41) is 10.9. The number of aliphatic hydroxyl groups excluding tert-OH is 1. The second kappa shape index (κ2) is 7.68. The van der Waals surface area contributed by atoms with E-state index < -0.39 is 6.80 Å². The van der Waals surface area contributed by atoms with Crippen LogP contribution in [0.15, 0.2) is 28.1 Å². The Labute approximate surface area is 143 Å². The first kappa shape index (κ1) is 17.6. The summed E-state index contributed by atoms with van der Waals surface area (Å²) in [5.41, 5.74) is 0.808. The summed E-state index contributed by atoms with van der Waals surface area (Å²) < 4.78 is 15.0. The SMILES string of the molecule is CC(C)c1nc(CCO)n(CF)c1Sc1cc(Cl)cc(Cl)c1. The van der Waals surface area contributed by atoms with Crippen molar-refractivity contribution in [3.63, 3.8) is 0 Å². The van der Waals surface area contributed by atoms with Crippen LogP contribution in [0.4, 0.5) is 4.39 Å². The Bertz CT molecular complexity index is 641. The third-order valence-corrected chi connectivity index (χ3v) is 4.61. The molecule has 0 amide bonds. The van der Waals surface area contributed by atoms with Crippen LogP contribution in [0, 0.1) is 0 Å². The lowest BCUT2D eigenvalue weighted by atomic mass is 10.1. The highest BCUT2D eigenvalue weighted by atomic mass is 35.5. The van der Waals surface area contributed by atoms with Gasteiger partial charge in [-0.05, 0) is 24.1 Å². The largest absolute Gasteiger partial charge is 0.396 e. The molecule has 22 heavy (non-hydrogen) atoms. The van der Waals surface area contributed by atoms with Gasteiger partial charge in [0.05, 0.1) is 12.3 Å². The second-order valence-electron chi connectivity index (χ2n) is 5.10. The first-order valence-electron chi connectivity index (χ1n) is 6.86. The maximum absolute atomic E-state index is 13.5. The van der Waals surface area contributed by atoms with Gasteiger partial charge in [-0.3, -0.25) is 4.57 Å². The molecule has 1 aromatic carbocycles. The number of hydrogen-bond acceptors (Lipinski definition) is 3. The van der Waals surface area contributed by atoms with Crippen LogP contribution in [0.2, 0.25) is 10.0 Å². The average molecular weight is 363 g/mol. The van der Waals surface area contributed by atoms with E-state index in [0.29, 0.717) is 22.3 Å². The summed E-state index contributed by atoms with van der Waals surface area (Å²) in [6.45, 7) is 3.25. The van der Waals surface area contributed by atoms with Crippen molar-refractivity contribution in [2.24, 2.45) is 0 Å². The average Bonchev–Trinajstić information content (AvgIpc) is 2.76. The highest BCUT2D eigenvalue weighted by Crippen LogP contribution is 2.37. The van der Waals surface area contributed by atoms with Gasteiger partial charge in [0.1, 0.15) is 10.9 Å². The molecular weight excluding hydrogens is 346 g/mol. The smallest absolute Gasteiger partial charge is 0.167 e. The maximum Gasteiger partial charge on any atom is 0.167 e. The highest BCUT2D eigenvalue weighted by Gasteiger charge is 2.20. The summed E-state index contributed by atoms with van der Waals surface area (Å²) in [6, 6.07) is 5.22. The van der Waals surface area contributed by atoms with E-state index in [4.69, 9.17) is 28.3 Å². The van der Waals surface area contributed by atoms with E-state index >= 15 is 0 Å². The second-order valence-corrected chi connectivity index (χ2v) is 7.04. The van der Waals surface area contributed by atoms with Crippen molar-refractivity contribution >= 4 is 35.0 Å². The van der Waals surface area contributed by atoms with Gasteiger partial charge in [-0.15, -0.1) is 0 Å². The van der Waals surface area contributed by atoms with Gasteiger partial charge in [0.15, 0.2) is 6.80 Å². The minimum Gasteiger partial charge on any atom is -0.396 e. The van der Waals surface area contributed by atoms with Gasteiger partial charge in [-0.1, -0.05) is 48.8 Å². The molecule has 0 unspecified atom stereocenters. The molecule has 120 valence electrons. The molecule has 0 saturated carbocycles. The van der Waals surface area contributed by atoms with Crippen LogP contribution < -0.4 is 0 Å². The number of imidazole rings is 1. The van der Waals surface area contributed by atoms with Gasteiger partial charge in [0, 0.05) is 21.4 Å². The molecule has 0 saturated heterocycles. The van der Waals surface area contributed by atoms with Crippen LogP contribution in [0.3, 0.4) is 0 Å². The van der Waals surface area contributed by atoms with Crippen molar-refractivity contribution in [1.82, 2.24) is 9.55 Å². The fraction of sp³-hybridized carbons (Fsp3) is 0.400. The van der Waals surface area contributed by atoms with E-state index in [1.807, 2.05) is 13.8 Å². The summed E-state index contributed by atoms with van der Waals surface area (Å²) in [6.07, 6.45) is 0.320. The summed E-state index contributed by atoms with van der Waals surface area (Å²) in [4.78, 5) is 5.31. The number of hydrogen-bond donors (Lipinski definition) is 1. The first-order chi connectivity index (χ1) is 10.5. The van der Waals surface area contributed by atoms with Crippen molar-refractivity contribution in [3.8, 4) is 0 Å². The molecule has 3 nitrogen and oxygen atoms in total. The zero-order valence-electron chi connectivity index (χ0n) is 12.3. The molecule has 0 fully saturated rings. The van der Waals surface area contributed by atoms with Crippen molar-refractivity contribution in [2.45, 2.75) is 42.9 Å². The van der Waals surface area contributed by atoms with Crippen LogP contribution >= 0.6 is 35.0 Å².